The molecule has 4 heterocycles. The third-order valence-corrected chi connectivity index (χ3v) is 8.49. The molecule has 0 saturated heterocycles. The minimum Gasteiger partial charge on any atom is -0.441 e. The summed E-state index contributed by atoms with van der Waals surface area (Å²) in [7, 11) is 0. The van der Waals surface area contributed by atoms with Gasteiger partial charge in [0.15, 0.2) is 22.9 Å². The third-order valence-electron chi connectivity index (χ3n) is 6.60. The second-order valence-electron chi connectivity index (χ2n) is 10.8. The van der Waals surface area contributed by atoms with Crippen LogP contribution in [0.2, 0.25) is 0 Å². The van der Waals surface area contributed by atoms with Crippen LogP contribution in [0.5, 0.6) is 0 Å². The van der Waals surface area contributed by atoms with Gasteiger partial charge in [0.1, 0.15) is 11.0 Å². The van der Waals surface area contributed by atoms with Crippen LogP contribution in [0.15, 0.2) is 81.6 Å². The Bertz CT molecular complexity index is 1870. The van der Waals surface area contributed by atoms with Crippen LogP contribution >= 0.6 is 22.7 Å². The number of benzene rings is 4. The lowest BCUT2D eigenvalue weighted by atomic mass is 10.2. The van der Waals surface area contributed by atoms with Crippen LogP contribution in [0.3, 0.4) is 0 Å². The molecule has 4 aromatic heterocycles. The van der Waals surface area contributed by atoms with Crippen molar-refractivity contribution in [2.24, 2.45) is 0 Å². The van der Waals surface area contributed by atoms with Crippen molar-refractivity contribution in [1.29, 1.82) is 0 Å². The maximum Gasteiger partial charge on any atom is 0.192 e. The van der Waals surface area contributed by atoms with Gasteiger partial charge in [0.05, 0.1) is 30.4 Å². The van der Waals surface area contributed by atoms with Crippen molar-refractivity contribution in [2.75, 3.05) is 0 Å². The van der Waals surface area contributed by atoms with Gasteiger partial charge in [-0.3, -0.25) is 0 Å². The summed E-state index contributed by atoms with van der Waals surface area (Å²) in [5.41, 5.74) is 10.9. The first kappa shape index (κ1) is 44.6. The molecule has 8 rings (SSSR count). The van der Waals surface area contributed by atoms with Gasteiger partial charge in [0.2, 0.25) is 0 Å². The van der Waals surface area contributed by atoms with Crippen molar-refractivity contribution in [3.05, 3.63) is 117 Å². The highest BCUT2D eigenvalue weighted by Crippen LogP contribution is 2.23. The number of nitrogens with zero attached hydrogens (tertiary/aromatic N) is 4. The summed E-state index contributed by atoms with van der Waals surface area (Å²) in [6.45, 7) is 16.1. The molecule has 0 atom stereocenters. The average Bonchev–Trinajstić information content (AvgIpc) is 3.71. The second-order valence-corrected chi connectivity index (χ2v) is 13.3. The minimum atomic E-state index is 0. The van der Waals surface area contributed by atoms with Crippen LogP contribution < -0.4 is 0 Å². The number of aromatic nitrogens is 4. The average molecular weight is 701 g/mol. The summed E-state index contributed by atoms with van der Waals surface area (Å²) >= 11 is 3.50. The molecule has 0 saturated carbocycles. The number of aryl methyl sites for hydroxylation is 8. The molecule has 49 heavy (non-hydrogen) atoms. The molecule has 264 valence electrons. The molecular formula is C41H56N4O2S2. The smallest absolute Gasteiger partial charge is 0.192 e. The molecule has 0 spiro atoms. The first-order valence-electron chi connectivity index (χ1n) is 14.4. The fraction of sp³-hybridized carbons (Fsp3) is 0.317. The van der Waals surface area contributed by atoms with E-state index in [1.54, 1.807) is 22.7 Å². The molecule has 0 unspecified atom stereocenters. The van der Waals surface area contributed by atoms with Gasteiger partial charge in [0, 0.05) is 13.8 Å². The molecule has 0 N–H and O–H groups in total. The van der Waals surface area contributed by atoms with Gasteiger partial charge in [-0.2, -0.15) is 0 Å². The van der Waals surface area contributed by atoms with Crippen LogP contribution in [-0.2, 0) is 0 Å². The highest BCUT2D eigenvalue weighted by molar-refractivity contribution is 7.18. The van der Waals surface area contributed by atoms with Crippen LogP contribution in [-0.4, -0.2) is 19.9 Å². The zero-order valence-corrected chi connectivity index (χ0v) is 28.0. The Kier molecular flexibility index (Phi) is 17.8. The van der Waals surface area contributed by atoms with Gasteiger partial charge in [0.25, 0.3) is 0 Å². The van der Waals surface area contributed by atoms with E-state index in [1.165, 1.54) is 31.7 Å². The van der Waals surface area contributed by atoms with Gasteiger partial charge in [-0.05, 0) is 112 Å². The topological polar surface area (TPSA) is 77.8 Å². The van der Waals surface area contributed by atoms with Crippen molar-refractivity contribution < 1.29 is 8.83 Å². The van der Waals surface area contributed by atoms with E-state index in [1.807, 2.05) is 77.9 Å². The van der Waals surface area contributed by atoms with Crippen LogP contribution in [0.1, 0.15) is 81.2 Å². The summed E-state index contributed by atoms with van der Waals surface area (Å²) in [5, 5.41) is 2.29. The molecule has 8 heteroatoms. The molecule has 0 aliphatic heterocycles. The number of fused-ring (bicyclic) bond motifs is 4. The van der Waals surface area contributed by atoms with Crippen molar-refractivity contribution in [3.63, 3.8) is 0 Å². The molecule has 0 bridgehead atoms. The molecule has 0 amide bonds. The Morgan fingerprint density at radius 2 is 0.837 bits per heavy atom. The lowest BCUT2D eigenvalue weighted by Gasteiger charge is -1.88. The molecule has 4 aromatic carbocycles. The van der Waals surface area contributed by atoms with Gasteiger partial charge in [-0.1, -0.05) is 61.4 Å². The highest BCUT2D eigenvalue weighted by atomic mass is 32.1. The zero-order chi connectivity index (χ0) is 31.4. The van der Waals surface area contributed by atoms with E-state index in [-0.39, 0.29) is 37.1 Å². The quantitative estimate of drug-likeness (QED) is 0.157. The fourth-order valence-electron chi connectivity index (χ4n) is 4.60. The Balaban J connectivity index is 0.000000606. The number of hydrogen-bond acceptors (Lipinski definition) is 8. The molecule has 8 aromatic rings. The van der Waals surface area contributed by atoms with Gasteiger partial charge in [-0.15, -0.1) is 22.7 Å². The SMILES string of the molecule is C.C.C.C.C.Cc1ccc2nc(C)oc2c1.Cc1ccc2nc(C)sc2c1.Cc1ccc2oc(C)nc2c1.Cc1ccc2sc(C)nc2c1. The largest absolute Gasteiger partial charge is 0.441 e. The Morgan fingerprint density at radius 3 is 1.49 bits per heavy atom. The van der Waals surface area contributed by atoms with Crippen molar-refractivity contribution in [2.45, 2.75) is 92.5 Å². The predicted molar refractivity (Wildman–Crippen MR) is 219 cm³/mol. The lowest BCUT2D eigenvalue weighted by Crippen LogP contribution is -1.71. The first-order valence-corrected chi connectivity index (χ1v) is 16.0. The fourth-order valence-corrected chi connectivity index (χ4v) is 6.33. The summed E-state index contributed by atoms with van der Waals surface area (Å²) in [4.78, 5) is 17.2. The van der Waals surface area contributed by atoms with E-state index >= 15 is 0 Å². The summed E-state index contributed by atoms with van der Waals surface area (Å²) in [6.07, 6.45) is 0. The van der Waals surface area contributed by atoms with E-state index in [0.717, 1.165) is 55.0 Å². The van der Waals surface area contributed by atoms with E-state index < -0.39 is 0 Å². The Labute approximate surface area is 302 Å². The van der Waals surface area contributed by atoms with Crippen LogP contribution in [0.25, 0.3) is 42.6 Å². The Hall–Kier alpha value is -4.40. The van der Waals surface area contributed by atoms with E-state index in [0.29, 0.717) is 0 Å². The van der Waals surface area contributed by atoms with Crippen LogP contribution in [0.4, 0.5) is 0 Å². The molecular weight excluding hydrogens is 645 g/mol. The van der Waals surface area contributed by atoms with Crippen molar-refractivity contribution in [3.8, 4) is 0 Å². The normalized spacial score (nSPS) is 9.63. The minimum absolute atomic E-state index is 0. The third kappa shape index (κ3) is 11.9. The second kappa shape index (κ2) is 19.6. The predicted octanol–water partition coefficient (Wildman–Crippen LogP) is 13.9. The maximum atomic E-state index is 5.34. The maximum absolute atomic E-state index is 5.34. The number of thiazole rings is 2. The Morgan fingerprint density at radius 1 is 0.388 bits per heavy atom. The van der Waals surface area contributed by atoms with E-state index in [9.17, 15) is 0 Å². The summed E-state index contributed by atoms with van der Waals surface area (Å²) < 4.78 is 13.2. The van der Waals surface area contributed by atoms with Crippen molar-refractivity contribution >= 4 is 65.3 Å². The molecule has 0 aliphatic carbocycles. The zero-order valence-electron chi connectivity index (χ0n) is 26.4. The summed E-state index contributed by atoms with van der Waals surface area (Å²) in [6, 6.07) is 24.7. The molecule has 0 fully saturated rings. The number of rotatable bonds is 0. The van der Waals surface area contributed by atoms with Gasteiger partial charge >= 0.3 is 0 Å². The molecule has 0 radical (unpaired) electrons. The van der Waals surface area contributed by atoms with Crippen LogP contribution in [0, 0.1) is 55.4 Å². The highest BCUT2D eigenvalue weighted by Gasteiger charge is 2.02. The number of hydrogen-bond donors (Lipinski definition) is 0. The number of oxazole rings is 2. The summed E-state index contributed by atoms with van der Waals surface area (Å²) in [5.74, 6) is 1.45. The van der Waals surface area contributed by atoms with Gasteiger partial charge in [-0.25, -0.2) is 19.9 Å². The van der Waals surface area contributed by atoms with E-state index in [2.05, 4.69) is 70.2 Å². The van der Waals surface area contributed by atoms with Crippen molar-refractivity contribution in [1.82, 2.24) is 19.9 Å². The van der Waals surface area contributed by atoms with E-state index in [4.69, 9.17) is 8.83 Å². The molecule has 0 aliphatic rings. The first-order chi connectivity index (χ1) is 21.0. The standard InChI is InChI=1S/2C9H9NO.2C9H9NS.5CH4/c1-6-3-4-9-8(5-6)10-7(2)11-9;1-6-3-4-8-9(5-6)11-7(2)10-8;1-6-3-4-9-8(5-6)10-7(2)11-9;1-6-3-4-8-9(5-6)11-7(2)10-8;;;;;/h4*3-5H,1-2H3;5*1H4. The molecule has 6 nitrogen and oxygen atoms in total. The lowest BCUT2D eigenvalue weighted by molar-refractivity contribution is 0.560. The monoisotopic (exact) mass is 700 g/mol. The van der Waals surface area contributed by atoms with Gasteiger partial charge < -0.3 is 8.83 Å².